The van der Waals surface area contributed by atoms with Gasteiger partial charge in [-0.05, 0) is 87.0 Å². The molecule has 336 valence electrons. The van der Waals surface area contributed by atoms with Crippen molar-refractivity contribution in [2.75, 3.05) is 4.90 Å². The number of anilines is 3. The van der Waals surface area contributed by atoms with Crippen LogP contribution in [0.4, 0.5) is 17.1 Å². The fourth-order valence-corrected chi connectivity index (χ4v) is 13.6. The van der Waals surface area contributed by atoms with Crippen molar-refractivity contribution >= 4 is 70.5 Å². The predicted molar refractivity (Wildman–Crippen MR) is 299 cm³/mol. The van der Waals surface area contributed by atoms with Crippen LogP contribution >= 0.6 is 11.3 Å². The van der Waals surface area contributed by atoms with Crippen molar-refractivity contribution in [1.29, 1.82) is 0 Å². The average Bonchev–Trinajstić information content (AvgIpc) is 4.09. The SMILES string of the molecule is CC12C=CC=CC1C(c1ccccc1)(c1ccccc1)c1ccc3c(oc4c(-c5ccc(N(c6ccc(-c7ccccc7)cc6)c6ccc(-c7cccc8c7sc7ccccc78)cc6)cc5)cccc43)c12. The zero-order chi connectivity index (χ0) is 47.1. The van der Waals surface area contributed by atoms with Gasteiger partial charge in [0.1, 0.15) is 11.2 Å². The van der Waals surface area contributed by atoms with Gasteiger partial charge in [0.2, 0.25) is 0 Å². The second-order valence-electron chi connectivity index (χ2n) is 19.3. The van der Waals surface area contributed by atoms with Crippen LogP contribution in [0.5, 0.6) is 0 Å². The van der Waals surface area contributed by atoms with Gasteiger partial charge in [-0.2, -0.15) is 0 Å². The van der Waals surface area contributed by atoms with Crippen LogP contribution in [0.25, 0.3) is 75.5 Å². The predicted octanol–water partition coefficient (Wildman–Crippen LogP) is 18.8. The molecule has 0 saturated carbocycles. The third-order valence-electron chi connectivity index (χ3n) is 15.6. The number of para-hydroxylation sites is 1. The van der Waals surface area contributed by atoms with Gasteiger partial charge in [-0.1, -0.05) is 225 Å². The molecule has 0 fully saturated rings. The second kappa shape index (κ2) is 16.3. The highest BCUT2D eigenvalue weighted by Crippen LogP contribution is 2.64. The Labute approximate surface area is 417 Å². The first-order valence-electron chi connectivity index (χ1n) is 24.6. The van der Waals surface area contributed by atoms with E-state index in [9.17, 15) is 0 Å². The molecule has 71 heavy (non-hydrogen) atoms. The molecule has 2 unspecified atom stereocenters. The highest BCUT2D eigenvalue weighted by atomic mass is 32.1. The van der Waals surface area contributed by atoms with E-state index in [1.807, 2.05) is 11.3 Å². The molecule has 3 heteroatoms. The number of thiophene rings is 1. The highest BCUT2D eigenvalue weighted by molar-refractivity contribution is 7.26. The lowest BCUT2D eigenvalue weighted by molar-refractivity contribution is 0.366. The summed E-state index contributed by atoms with van der Waals surface area (Å²) >= 11 is 1.87. The molecule has 2 nitrogen and oxygen atoms in total. The van der Waals surface area contributed by atoms with Crippen molar-refractivity contribution in [3.05, 3.63) is 283 Å². The summed E-state index contributed by atoms with van der Waals surface area (Å²) < 4.78 is 9.99. The zero-order valence-electron chi connectivity index (χ0n) is 39.2. The van der Waals surface area contributed by atoms with Gasteiger partial charge in [0.05, 0.1) is 5.41 Å². The fraction of sp³-hybridized carbons (Fsp3) is 0.0588. The maximum Gasteiger partial charge on any atom is 0.143 e. The van der Waals surface area contributed by atoms with E-state index in [1.54, 1.807) is 0 Å². The zero-order valence-corrected chi connectivity index (χ0v) is 40.0. The minimum Gasteiger partial charge on any atom is -0.455 e. The Bertz CT molecular complexity index is 3990. The van der Waals surface area contributed by atoms with E-state index in [0.717, 1.165) is 50.1 Å². The largest absolute Gasteiger partial charge is 0.455 e. The Morgan fingerprint density at radius 3 is 1.61 bits per heavy atom. The van der Waals surface area contributed by atoms with Gasteiger partial charge in [-0.3, -0.25) is 0 Å². The smallest absolute Gasteiger partial charge is 0.143 e. The molecule has 2 aromatic heterocycles. The van der Waals surface area contributed by atoms with Crippen LogP contribution in [0, 0.1) is 5.92 Å². The van der Waals surface area contributed by atoms with Crippen molar-refractivity contribution in [2.45, 2.75) is 17.8 Å². The summed E-state index contributed by atoms with van der Waals surface area (Å²) in [5.74, 6) is 0.134. The van der Waals surface area contributed by atoms with E-state index in [-0.39, 0.29) is 11.3 Å². The third kappa shape index (κ3) is 6.33. The molecule has 0 spiro atoms. The van der Waals surface area contributed by atoms with Crippen molar-refractivity contribution in [1.82, 2.24) is 0 Å². The highest BCUT2D eigenvalue weighted by Gasteiger charge is 2.59. The van der Waals surface area contributed by atoms with Crippen LogP contribution in [0.2, 0.25) is 0 Å². The van der Waals surface area contributed by atoms with Crippen LogP contribution in [0.1, 0.15) is 29.2 Å². The molecule has 0 radical (unpaired) electrons. The summed E-state index contributed by atoms with van der Waals surface area (Å²) in [7, 11) is 0. The van der Waals surface area contributed by atoms with Gasteiger partial charge < -0.3 is 9.32 Å². The van der Waals surface area contributed by atoms with Crippen LogP contribution < -0.4 is 4.90 Å². The summed E-state index contributed by atoms with van der Waals surface area (Å²) in [4.78, 5) is 2.36. The number of fused-ring (bicyclic) bond motifs is 10. The first-order chi connectivity index (χ1) is 35.1. The first kappa shape index (κ1) is 41.5. The molecule has 0 amide bonds. The number of benzene rings is 10. The molecule has 0 bridgehead atoms. The number of hydrogen-bond acceptors (Lipinski definition) is 3. The molecule has 0 aliphatic heterocycles. The molecule has 2 atom stereocenters. The Morgan fingerprint density at radius 1 is 0.423 bits per heavy atom. The lowest BCUT2D eigenvalue weighted by atomic mass is 9.60. The van der Waals surface area contributed by atoms with Crippen molar-refractivity contribution in [3.8, 4) is 33.4 Å². The molecule has 2 aliphatic rings. The summed E-state index contributed by atoms with van der Waals surface area (Å²) in [6.07, 6.45) is 9.31. The van der Waals surface area contributed by atoms with Gasteiger partial charge in [-0.25, -0.2) is 0 Å². The molecular formula is C68H47NOS. The molecule has 0 saturated heterocycles. The summed E-state index contributed by atoms with van der Waals surface area (Å²) in [5.41, 5.74) is 16.6. The Balaban J connectivity index is 0.883. The Hall–Kier alpha value is -8.50. The van der Waals surface area contributed by atoms with Crippen LogP contribution in [-0.2, 0) is 10.8 Å². The summed E-state index contributed by atoms with van der Waals surface area (Å²) in [6, 6.07) is 86.6. The van der Waals surface area contributed by atoms with E-state index in [2.05, 4.69) is 273 Å². The number of furan rings is 1. The van der Waals surface area contributed by atoms with Gasteiger partial charge in [0.25, 0.3) is 0 Å². The summed E-state index contributed by atoms with van der Waals surface area (Å²) in [6.45, 7) is 2.41. The molecular weight excluding hydrogens is 879 g/mol. The van der Waals surface area contributed by atoms with Crippen molar-refractivity contribution in [2.24, 2.45) is 5.92 Å². The minimum atomic E-state index is -0.416. The first-order valence-corrected chi connectivity index (χ1v) is 25.4. The lowest BCUT2D eigenvalue weighted by Gasteiger charge is -2.42. The monoisotopic (exact) mass is 925 g/mol. The normalized spacial score (nSPS) is 16.7. The van der Waals surface area contributed by atoms with Gasteiger partial charge in [0, 0.05) is 70.5 Å². The maximum atomic E-state index is 7.35. The van der Waals surface area contributed by atoms with E-state index in [1.165, 1.54) is 64.7 Å². The van der Waals surface area contributed by atoms with Gasteiger partial charge in [-0.15, -0.1) is 11.3 Å². The minimum absolute atomic E-state index is 0.134. The molecule has 0 N–H and O–H groups in total. The standard InChI is InChI=1S/C68H47NOS/c1-67-44-14-13-29-62(67)68(49-19-7-3-8-20-49,50-21-9-4-10-22-50)60-43-42-58-57-26-15-24-54(64(57)70-65(58)63(60)67)47-32-38-52(39-33-47)69(51-36-30-46(31-37-51)45-17-5-2-6-18-45)53-40-34-48(35-41-53)55-25-16-27-59-56-23-11-12-28-61(56)71-66(55)59/h2-44,62H,1H3. The number of rotatable bonds is 8. The molecule has 2 aliphatic carbocycles. The number of hydrogen-bond donors (Lipinski definition) is 0. The molecule has 10 aromatic carbocycles. The van der Waals surface area contributed by atoms with E-state index in [4.69, 9.17) is 4.42 Å². The molecule has 14 rings (SSSR count). The Morgan fingerprint density at radius 2 is 0.944 bits per heavy atom. The van der Waals surface area contributed by atoms with E-state index >= 15 is 0 Å². The van der Waals surface area contributed by atoms with E-state index in [0.29, 0.717) is 0 Å². The molecule has 2 heterocycles. The van der Waals surface area contributed by atoms with Crippen LogP contribution in [0.3, 0.4) is 0 Å². The van der Waals surface area contributed by atoms with Crippen molar-refractivity contribution < 1.29 is 4.42 Å². The molecule has 12 aromatic rings. The van der Waals surface area contributed by atoms with Crippen LogP contribution in [-0.4, -0.2) is 0 Å². The average molecular weight is 926 g/mol. The second-order valence-corrected chi connectivity index (χ2v) is 20.4. The van der Waals surface area contributed by atoms with Gasteiger partial charge in [0.15, 0.2) is 0 Å². The lowest BCUT2D eigenvalue weighted by Crippen LogP contribution is -2.40. The van der Waals surface area contributed by atoms with Gasteiger partial charge >= 0.3 is 0 Å². The van der Waals surface area contributed by atoms with E-state index < -0.39 is 5.41 Å². The van der Waals surface area contributed by atoms with Crippen LogP contribution in [0.15, 0.2) is 265 Å². The quantitative estimate of drug-likeness (QED) is 0.151. The number of nitrogens with zero attached hydrogens (tertiary/aromatic N) is 1. The fourth-order valence-electron chi connectivity index (χ4n) is 12.4. The topological polar surface area (TPSA) is 16.4 Å². The van der Waals surface area contributed by atoms with Crippen molar-refractivity contribution in [3.63, 3.8) is 0 Å². The maximum absolute atomic E-state index is 7.35. The summed E-state index contributed by atoms with van der Waals surface area (Å²) in [5, 5.41) is 4.90. The Kier molecular flexibility index (Phi) is 9.52. The number of allylic oxidation sites excluding steroid dienone is 4. The third-order valence-corrected chi connectivity index (χ3v) is 16.8.